The summed E-state index contributed by atoms with van der Waals surface area (Å²) in [5.74, 6) is 0.750. The molecule has 0 fully saturated rings. The summed E-state index contributed by atoms with van der Waals surface area (Å²) in [7, 11) is 0. The van der Waals surface area contributed by atoms with Gasteiger partial charge in [0.1, 0.15) is 5.15 Å². The normalized spacial score (nSPS) is 10.8. The van der Waals surface area contributed by atoms with E-state index in [1.54, 1.807) is 11.3 Å². The molecule has 0 bridgehead atoms. The molecule has 0 spiro atoms. The Balaban J connectivity index is 2.59. The third-order valence-corrected chi connectivity index (χ3v) is 3.97. The second kappa shape index (κ2) is 4.52. The highest BCUT2D eigenvalue weighted by molar-refractivity contribution is 7.13. The van der Waals surface area contributed by atoms with Crippen LogP contribution < -0.4 is 0 Å². The zero-order valence-electron chi connectivity index (χ0n) is 9.54. The van der Waals surface area contributed by atoms with Crippen LogP contribution in [-0.4, -0.2) is 9.97 Å². The van der Waals surface area contributed by atoms with Crippen molar-refractivity contribution in [2.24, 2.45) is 0 Å². The molecule has 2 rings (SSSR count). The average Bonchev–Trinajstić information content (AvgIpc) is 2.68. The molecule has 0 saturated carbocycles. The third kappa shape index (κ3) is 1.97. The summed E-state index contributed by atoms with van der Waals surface area (Å²) in [5.41, 5.74) is 3.22. The van der Waals surface area contributed by atoms with Gasteiger partial charge in [-0.15, -0.1) is 11.3 Å². The van der Waals surface area contributed by atoms with Gasteiger partial charge in [-0.25, -0.2) is 9.97 Å². The SMILES string of the molecule is CCc1nc(-c2sccc2C)nc(Cl)c1C. The first-order chi connectivity index (χ1) is 7.63. The van der Waals surface area contributed by atoms with Crippen LogP contribution in [0.25, 0.3) is 10.7 Å². The monoisotopic (exact) mass is 252 g/mol. The van der Waals surface area contributed by atoms with E-state index in [-0.39, 0.29) is 0 Å². The predicted octanol–water partition coefficient (Wildman–Crippen LogP) is 4.04. The maximum Gasteiger partial charge on any atom is 0.171 e. The van der Waals surface area contributed by atoms with Crippen LogP contribution in [0.15, 0.2) is 11.4 Å². The number of hydrogen-bond donors (Lipinski definition) is 0. The van der Waals surface area contributed by atoms with Crippen molar-refractivity contribution in [2.45, 2.75) is 27.2 Å². The number of aryl methyl sites for hydroxylation is 2. The van der Waals surface area contributed by atoms with E-state index in [1.165, 1.54) is 5.56 Å². The van der Waals surface area contributed by atoms with Crippen molar-refractivity contribution < 1.29 is 0 Å². The maximum atomic E-state index is 6.12. The van der Waals surface area contributed by atoms with E-state index in [9.17, 15) is 0 Å². The molecular formula is C12H13ClN2S. The van der Waals surface area contributed by atoms with Crippen molar-refractivity contribution in [3.8, 4) is 10.7 Å². The first kappa shape index (κ1) is 11.6. The Morgan fingerprint density at radius 1 is 1.31 bits per heavy atom. The van der Waals surface area contributed by atoms with Crippen molar-refractivity contribution in [3.05, 3.63) is 33.4 Å². The largest absolute Gasteiger partial charge is 0.232 e. The number of rotatable bonds is 2. The van der Waals surface area contributed by atoms with Crippen LogP contribution in [0, 0.1) is 13.8 Å². The Morgan fingerprint density at radius 3 is 2.62 bits per heavy atom. The smallest absolute Gasteiger partial charge is 0.171 e. The fourth-order valence-electron chi connectivity index (χ4n) is 1.58. The van der Waals surface area contributed by atoms with Crippen LogP contribution in [0.5, 0.6) is 0 Å². The van der Waals surface area contributed by atoms with Gasteiger partial charge in [0.05, 0.1) is 4.88 Å². The quantitative estimate of drug-likeness (QED) is 0.754. The van der Waals surface area contributed by atoms with E-state index >= 15 is 0 Å². The van der Waals surface area contributed by atoms with Crippen LogP contribution in [-0.2, 0) is 6.42 Å². The van der Waals surface area contributed by atoms with E-state index < -0.39 is 0 Å². The first-order valence-electron chi connectivity index (χ1n) is 5.21. The summed E-state index contributed by atoms with van der Waals surface area (Å²) in [4.78, 5) is 10.0. The number of nitrogens with zero attached hydrogens (tertiary/aromatic N) is 2. The van der Waals surface area contributed by atoms with Gasteiger partial charge in [0.2, 0.25) is 0 Å². The molecule has 0 N–H and O–H groups in total. The van der Waals surface area contributed by atoms with E-state index in [0.29, 0.717) is 5.15 Å². The summed E-state index contributed by atoms with van der Waals surface area (Å²) in [5, 5.41) is 2.61. The van der Waals surface area contributed by atoms with Crippen LogP contribution in [0.2, 0.25) is 5.15 Å². The van der Waals surface area contributed by atoms with Gasteiger partial charge >= 0.3 is 0 Å². The summed E-state index contributed by atoms with van der Waals surface area (Å²) >= 11 is 7.77. The minimum atomic E-state index is 0.564. The molecule has 0 aliphatic carbocycles. The molecule has 0 radical (unpaired) electrons. The van der Waals surface area contributed by atoms with Gasteiger partial charge in [0.15, 0.2) is 5.82 Å². The van der Waals surface area contributed by atoms with Gasteiger partial charge in [-0.3, -0.25) is 0 Å². The highest BCUT2D eigenvalue weighted by Crippen LogP contribution is 2.28. The molecule has 0 amide bonds. The van der Waals surface area contributed by atoms with E-state index in [0.717, 1.165) is 28.4 Å². The zero-order valence-corrected chi connectivity index (χ0v) is 11.1. The lowest BCUT2D eigenvalue weighted by Gasteiger charge is -2.07. The Morgan fingerprint density at radius 2 is 2.06 bits per heavy atom. The number of halogens is 1. The summed E-state index contributed by atoms with van der Waals surface area (Å²) in [6.45, 7) is 6.11. The van der Waals surface area contributed by atoms with E-state index in [1.807, 2.05) is 12.3 Å². The maximum absolute atomic E-state index is 6.12. The molecule has 0 aliphatic rings. The molecular weight excluding hydrogens is 240 g/mol. The molecule has 84 valence electrons. The highest BCUT2D eigenvalue weighted by atomic mass is 35.5. The summed E-state index contributed by atoms with van der Waals surface area (Å²) in [6.07, 6.45) is 0.880. The molecule has 0 unspecified atom stereocenters. The Hall–Kier alpha value is -0.930. The van der Waals surface area contributed by atoms with Gasteiger partial charge in [0, 0.05) is 11.3 Å². The fourth-order valence-corrected chi connectivity index (χ4v) is 2.63. The molecule has 0 aromatic carbocycles. The van der Waals surface area contributed by atoms with Crippen molar-refractivity contribution in [1.82, 2.24) is 9.97 Å². The molecule has 2 heterocycles. The van der Waals surface area contributed by atoms with Crippen LogP contribution >= 0.6 is 22.9 Å². The van der Waals surface area contributed by atoms with E-state index in [4.69, 9.17) is 11.6 Å². The van der Waals surface area contributed by atoms with Gasteiger partial charge in [-0.2, -0.15) is 0 Å². The average molecular weight is 253 g/mol. The lowest BCUT2D eigenvalue weighted by atomic mass is 10.2. The lowest BCUT2D eigenvalue weighted by molar-refractivity contribution is 0.978. The van der Waals surface area contributed by atoms with E-state index in [2.05, 4.69) is 29.9 Å². The summed E-state index contributed by atoms with van der Waals surface area (Å²) in [6, 6.07) is 2.07. The standard InChI is InChI=1S/C12H13ClN2S/c1-4-9-8(3)11(13)15-12(14-9)10-7(2)5-6-16-10/h5-6H,4H2,1-3H3. The number of hydrogen-bond acceptors (Lipinski definition) is 3. The van der Waals surface area contributed by atoms with Crippen LogP contribution in [0.3, 0.4) is 0 Å². The molecule has 2 aromatic rings. The Labute approximate surface area is 104 Å². The van der Waals surface area contributed by atoms with Gasteiger partial charge < -0.3 is 0 Å². The minimum Gasteiger partial charge on any atom is -0.232 e. The fraction of sp³-hybridized carbons (Fsp3) is 0.333. The zero-order chi connectivity index (χ0) is 11.7. The third-order valence-electron chi connectivity index (χ3n) is 2.59. The van der Waals surface area contributed by atoms with Crippen molar-refractivity contribution >= 4 is 22.9 Å². The molecule has 2 nitrogen and oxygen atoms in total. The Kier molecular flexibility index (Phi) is 3.26. The Bertz CT molecular complexity index is 520. The van der Waals surface area contributed by atoms with Crippen LogP contribution in [0.4, 0.5) is 0 Å². The molecule has 16 heavy (non-hydrogen) atoms. The molecule has 0 aliphatic heterocycles. The van der Waals surface area contributed by atoms with Crippen LogP contribution in [0.1, 0.15) is 23.7 Å². The number of aromatic nitrogens is 2. The molecule has 2 aromatic heterocycles. The van der Waals surface area contributed by atoms with Crippen molar-refractivity contribution in [1.29, 1.82) is 0 Å². The minimum absolute atomic E-state index is 0.564. The lowest BCUT2D eigenvalue weighted by Crippen LogP contribution is -1.99. The second-order valence-corrected chi connectivity index (χ2v) is 4.97. The molecule has 4 heteroatoms. The van der Waals surface area contributed by atoms with Crippen molar-refractivity contribution in [3.63, 3.8) is 0 Å². The second-order valence-electron chi connectivity index (χ2n) is 3.70. The predicted molar refractivity (Wildman–Crippen MR) is 69.2 cm³/mol. The topological polar surface area (TPSA) is 25.8 Å². The van der Waals surface area contributed by atoms with Gasteiger partial charge in [-0.05, 0) is 37.3 Å². The van der Waals surface area contributed by atoms with Crippen molar-refractivity contribution in [2.75, 3.05) is 0 Å². The highest BCUT2D eigenvalue weighted by Gasteiger charge is 2.12. The summed E-state index contributed by atoms with van der Waals surface area (Å²) < 4.78 is 0. The first-order valence-corrected chi connectivity index (χ1v) is 6.46. The number of thiophene rings is 1. The van der Waals surface area contributed by atoms with Gasteiger partial charge in [-0.1, -0.05) is 18.5 Å². The molecule has 0 atom stereocenters. The molecule has 0 saturated heterocycles. The van der Waals surface area contributed by atoms with Gasteiger partial charge in [0.25, 0.3) is 0 Å².